The van der Waals surface area contributed by atoms with Crippen molar-refractivity contribution in [2.75, 3.05) is 32.1 Å². The second kappa shape index (κ2) is 7.11. The van der Waals surface area contributed by atoms with Crippen LogP contribution in [0.2, 0.25) is 0 Å². The van der Waals surface area contributed by atoms with E-state index in [9.17, 15) is 4.79 Å². The SMILES string of the molecule is CC(Cl)C(=O)NCCOc1cccc(N(C)C)c1. The van der Waals surface area contributed by atoms with E-state index in [0.29, 0.717) is 13.2 Å². The van der Waals surface area contributed by atoms with Crippen molar-refractivity contribution in [3.63, 3.8) is 0 Å². The molecule has 1 amide bonds. The first kappa shape index (κ1) is 14.6. The molecule has 0 aliphatic carbocycles. The molecule has 0 bridgehead atoms. The number of nitrogens with one attached hydrogen (secondary N) is 1. The maximum atomic E-state index is 11.2. The first-order chi connectivity index (χ1) is 8.50. The molecule has 100 valence electrons. The first-order valence-electron chi connectivity index (χ1n) is 5.82. The van der Waals surface area contributed by atoms with Crippen LogP contribution in [0.1, 0.15) is 6.92 Å². The van der Waals surface area contributed by atoms with Crippen LogP contribution in [-0.4, -0.2) is 38.5 Å². The van der Waals surface area contributed by atoms with Crippen molar-refractivity contribution in [3.8, 4) is 5.75 Å². The fourth-order valence-corrected chi connectivity index (χ4v) is 1.41. The minimum atomic E-state index is -0.512. The standard InChI is InChI=1S/C13H19ClN2O2/c1-10(14)13(17)15-7-8-18-12-6-4-5-11(9-12)16(2)3/h4-6,9-10H,7-8H2,1-3H3,(H,15,17). The van der Waals surface area contributed by atoms with E-state index >= 15 is 0 Å². The van der Waals surface area contributed by atoms with Crippen LogP contribution in [0, 0.1) is 0 Å². The van der Waals surface area contributed by atoms with Gasteiger partial charge in [-0.1, -0.05) is 6.07 Å². The fraction of sp³-hybridized carbons (Fsp3) is 0.462. The Balaban J connectivity index is 2.35. The van der Waals surface area contributed by atoms with E-state index in [-0.39, 0.29) is 5.91 Å². The smallest absolute Gasteiger partial charge is 0.237 e. The second-order valence-electron chi connectivity index (χ2n) is 4.15. The number of amides is 1. The Morgan fingerprint density at radius 1 is 1.50 bits per heavy atom. The molecular weight excluding hydrogens is 252 g/mol. The largest absolute Gasteiger partial charge is 0.492 e. The zero-order valence-corrected chi connectivity index (χ0v) is 11.7. The highest BCUT2D eigenvalue weighted by molar-refractivity contribution is 6.30. The topological polar surface area (TPSA) is 41.6 Å². The molecule has 0 saturated carbocycles. The van der Waals surface area contributed by atoms with Gasteiger partial charge in [-0.15, -0.1) is 11.6 Å². The number of anilines is 1. The molecule has 18 heavy (non-hydrogen) atoms. The molecule has 1 atom stereocenters. The lowest BCUT2D eigenvalue weighted by atomic mass is 10.3. The maximum Gasteiger partial charge on any atom is 0.237 e. The number of rotatable bonds is 6. The van der Waals surface area contributed by atoms with Gasteiger partial charge >= 0.3 is 0 Å². The lowest BCUT2D eigenvalue weighted by Crippen LogP contribution is -2.32. The van der Waals surface area contributed by atoms with Crippen LogP contribution in [0.4, 0.5) is 5.69 Å². The number of hydrogen-bond acceptors (Lipinski definition) is 3. The summed E-state index contributed by atoms with van der Waals surface area (Å²) in [4.78, 5) is 13.2. The monoisotopic (exact) mass is 270 g/mol. The molecule has 0 aliphatic rings. The second-order valence-corrected chi connectivity index (χ2v) is 4.80. The molecule has 1 unspecified atom stereocenters. The Bertz CT molecular complexity index is 394. The minimum absolute atomic E-state index is 0.178. The fourth-order valence-electron chi connectivity index (χ4n) is 1.34. The van der Waals surface area contributed by atoms with Gasteiger partial charge in [0.15, 0.2) is 0 Å². The van der Waals surface area contributed by atoms with Crippen LogP contribution in [-0.2, 0) is 4.79 Å². The lowest BCUT2D eigenvalue weighted by molar-refractivity contribution is -0.120. The van der Waals surface area contributed by atoms with Gasteiger partial charge in [-0.2, -0.15) is 0 Å². The van der Waals surface area contributed by atoms with E-state index < -0.39 is 5.38 Å². The van der Waals surface area contributed by atoms with Gasteiger partial charge in [-0.25, -0.2) is 0 Å². The molecule has 0 aliphatic heterocycles. The molecule has 1 rings (SSSR count). The molecule has 4 nitrogen and oxygen atoms in total. The van der Waals surface area contributed by atoms with Gasteiger partial charge in [0.1, 0.15) is 17.7 Å². The number of carbonyl (C=O) groups excluding carboxylic acids is 1. The third kappa shape index (κ3) is 4.84. The summed E-state index contributed by atoms with van der Waals surface area (Å²) in [6.07, 6.45) is 0. The van der Waals surface area contributed by atoms with Gasteiger partial charge in [-0.3, -0.25) is 4.79 Å². The average molecular weight is 271 g/mol. The summed E-state index contributed by atoms with van der Waals surface area (Å²) >= 11 is 5.62. The van der Waals surface area contributed by atoms with E-state index in [1.807, 2.05) is 43.3 Å². The van der Waals surface area contributed by atoms with Crippen molar-refractivity contribution in [1.82, 2.24) is 5.32 Å². The molecular formula is C13H19ClN2O2. The number of nitrogens with zero attached hydrogens (tertiary/aromatic N) is 1. The molecule has 1 aromatic rings. The summed E-state index contributed by atoms with van der Waals surface area (Å²) in [5.41, 5.74) is 1.07. The molecule has 0 fully saturated rings. The Hall–Kier alpha value is -1.42. The van der Waals surface area contributed by atoms with Gasteiger partial charge < -0.3 is 15.0 Å². The van der Waals surface area contributed by atoms with Gasteiger partial charge in [0.05, 0.1) is 6.54 Å². The van der Waals surface area contributed by atoms with Crippen molar-refractivity contribution in [3.05, 3.63) is 24.3 Å². The van der Waals surface area contributed by atoms with Crippen molar-refractivity contribution in [2.24, 2.45) is 0 Å². The minimum Gasteiger partial charge on any atom is -0.492 e. The predicted molar refractivity (Wildman–Crippen MR) is 74.6 cm³/mol. The molecule has 1 aromatic carbocycles. The Morgan fingerprint density at radius 2 is 2.22 bits per heavy atom. The molecule has 0 spiro atoms. The zero-order valence-electron chi connectivity index (χ0n) is 10.9. The Labute approximate surface area is 113 Å². The summed E-state index contributed by atoms with van der Waals surface area (Å²) in [5.74, 6) is 0.608. The number of alkyl halides is 1. The van der Waals surface area contributed by atoms with E-state index in [2.05, 4.69) is 5.32 Å². The highest BCUT2D eigenvalue weighted by atomic mass is 35.5. The molecule has 0 saturated heterocycles. The number of carbonyl (C=O) groups is 1. The van der Waals surface area contributed by atoms with E-state index in [1.165, 1.54) is 0 Å². The first-order valence-corrected chi connectivity index (χ1v) is 6.26. The third-order valence-corrected chi connectivity index (χ3v) is 2.56. The average Bonchev–Trinajstić information content (AvgIpc) is 2.34. The summed E-state index contributed by atoms with van der Waals surface area (Å²) in [6, 6.07) is 7.78. The third-order valence-electron chi connectivity index (χ3n) is 2.37. The zero-order chi connectivity index (χ0) is 13.5. The summed E-state index contributed by atoms with van der Waals surface area (Å²) in [7, 11) is 3.95. The van der Waals surface area contributed by atoms with Crippen LogP contribution < -0.4 is 15.0 Å². The molecule has 0 radical (unpaired) electrons. The molecule has 1 N–H and O–H groups in total. The normalized spacial score (nSPS) is 11.8. The summed E-state index contributed by atoms with van der Waals surface area (Å²) in [5, 5.41) is 2.17. The van der Waals surface area contributed by atoms with Crippen molar-refractivity contribution < 1.29 is 9.53 Å². The van der Waals surface area contributed by atoms with Crippen LogP contribution in [0.25, 0.3) is 0 Å². The van der Waals surface area contributed by atoms with Crippen molar-refractivity contribution >= 4 is 23.2 Å². The van der Waals surface area contributed by atoms with Crippen LogP contribution in [0.15, 0.2) is 24.3 Å². The highest BCUT2D eigenvalue weighted by Gasteiger charge is 2.07. The lowest BCUT2D eigenvalue weighted by Gasteiger charge is -2.14. The maximum absolute atomic E-state index is 11.2. The van der Waals surface area contributed by atoms with Crippen LogP contribution in [0.3, 0.4) is 0 Å². The van der Waals surface area contributed by atoms with E-state index in [4.69, 9.17) is 16.3 Å². The summed E-state index contributed by atoms with van der Waals surface area (Å²) in [6.45, 7) is 2.51. The number of hydrogen-bond donors (Lipinski definition) is 1. The van der Waals surface area contributed by atoms with Gasteiger partial charge in [0.2, 0.25) is 5.91 Å². The van der Waals surface area contributed by atoms with E-state index in [1.54, 1.807) is 6.92 Å². The highest BCUT2D eigenvalue weighted by Crippen LogP contribution is 2.18. The van der Waals surface area contributed by atoms with E-state index in [0.717, 1.165) is 11.4 Å². The van der Waals surface area contributed by atoms with Crippen LogP contribution >= 0.6 is 11.6 Å². The van der Waals surface area contributed by atoms with Gasteiger partial charge in [-0.05, 0) is 19.1 Å². The Kier molecular flexibility index (Phi) is 5.78. The number of halogens is 1. The van der Waals surface area contributed by atoms with Crippen molar-refractivity contribution in [1.29, 1.82) is 0 Å². The quantitative estimate of drug-likeness (QED) is 0.634. The van der Waals surface area contributed by atoms with Gasteiger partial charge in [0, 0.05) is 25.8 Å². The molecule has 0 aromatic heterocycles. The summed E-state index contributed by atoms with van der Waals surface area (Å²) < 4.78 is 5.54. The Morgan fingerprint density at radius 3 is 2.83 bits per heavy atom. The van der Waals surface area contributed by atoms with Crippen LogP contribution in [0.5, 0.6) is 5.75 Å². The van der Waals surface area contributed by atoms with Crippen molar-refractivity contribution in [2.45, 2.75) is 12.3 Å². The molecule has 0 heterocycles. The number of ether oxygens (including phenoxy) is 1. The predicted octanol–water partition coefficient (Wildman–Crippen LogP) is 1.87. The van der Waals surface area contributed by atoms with Gasteiger partial charge in [0.25, 0.3) is 0 Å². The molecule has 5 heteroatoms. The number of benzene rings is 1.